The van der Waals surface area contributed by atoms with E-state index in [4.69, 9.17) is 15.0 Å². The molecule has 0 aromatic heterocycles. The number of aliphatic hydroxyl groups is 1. The number of nitrogens with one attached hydrogen (secondary N) is 1. The number of carbonyl (C=O) groups is 1. The number of aliphatic hydroxyl groups excluding tert-OH is 1. The molecule has 8 nitrogen and oxygen atoms in total. The number of aromatic carboxylic acids is 1. The zero-order valence-corrected chi connectivity index (χ0v) is 11.6. The summed E-state index contributed by atoms with van der Waals surface area (Å²) in [7, 11) is -2.55. The second-order valence-electron chi connectivity index (χ2n) is 4.05. The number of primary sulfonamides is 1. The average Bonchev–Trinajstić information content (AvgIpc) is 2.35. The first-order valence-corrected chi connectivity index (χ1v) is 7.11. The van der Waals surface area contributed by atoms with E-state index in [0.29, 0.717) is 0 Å². The average molecular weight is 304 g/mol. The maximum absolute atomic E-state index is 11.2. The summed E-state index contributed by atoms with van der Waals surface area (Å²) in [4.78, 5) is 10.8. The number of carboxylic acids is 1. The van der Waals surface area contributed by atoms with Crippen molar-refractivity contribution in [2.24, 2.45) is 5.14 Å². The van der Waals surface area contributed by atoms with Gasteiger partial charge >= 0.3 is 5.97 Å². The molecule has 0 saturated heterocycles. The van der Waals surface area contributed by atoms with Gasteiger partial charge in [0.1, 0.15) is 0 Å². The Balaban J connectivity index is 3.00. The molecule has 0 spiro atoms. The lowest BCUT2D eigenvalue weighted by Gasteiger charge is -2.14. The second kappa shape index (κ2) is 6.66. The highest BCUT2D eigenvalue weighted by molar-refractivity contribution is 7.89. The lowest BCUT2D eigenvalue weighted by atomic mass is 10.1. The molecule has 0 radical (unpaired) electrons. The molecule has 20 heavy (non-hydrogen) atoms. The van der Waals surface area contributed by atoms with E-state index in [1.165, 1.54) is 19.2 Å². The molecule has 0 saturated carbocycles. The van der Waals surface area contributed by atoms with E-state index in [0.717, 1.165) is 6.07 Å². The molecule has 0 bridgehead atoms. The van der Waals surface area contributed by atoms with Crippen LogP contribution >= 0.6 is 0 Å². The van der Waals surface area contributed by atoms with Crippen molar-refractivity contribution in [3.63, 3.8) is 0 Å². The van der Waals surface area contributed by atoms with Gasteiger partial charge in [-0.15, -0.1) is 0 Å². The van der Waals surface area contributed by atoms with Crippen molar-refractivity contribution < 1.29 is 28.2 Å². The van der Waals surface area contributed by atoms with Gasteiger partial charge in [0.25, 0.3) is 0 Å². The molecule has 1 unspecified atom stereocenters. The summed E-state index contributed by atoms with van der Waals surface area (Å²) in [6.07, 6.45) is -0.820. The van der Waals surface area contributed by atoms with Crippen LogP contribution in [0.5, 0.6) is 0 Å². The summed E-state index contributed by atoms with van der Waals surface area (Å²) >= 11 is 0. The number of anilines is 1. The van der Waals surface area contributed by atoms with Crippen molar-refractivity contribution >= 4 is 21.7 Å². The minimum Gasteiger partial charge on any atom is -0.478 e. The van der Waals surface area contributed by atoms with Gasteiger partial charge in [0.15, 0.2) is 0 Å². The predicted molar refractivity (Wildman–Crippen MR) is 71.1 cm³/mol. The van der Waals surface area contributed by atoms with E-state index in [9.17, 15) is 18.3 Å². The Morgan fingerprint density at radius 3 is 2.65 bits per heavy atom. The Labute approximate surface area is 116 Å². The third kappa shape index (κ3) is 4.46. The Morgan fingerprint density at radius 1 is 1.50 bits per heavy atom. The molecule has 0 aliphatic rings. The number of carboxylic acid groups (broad SMARTS) is 1. The van der Waals surface area contributed by atoms with Crippen LogP contribution in [0, 0.1) is 0 Å². The topological polar surface area (TPSA) is 139 Å². The molecule has 0 aliphatic heterocycles. The summed E-state index contributed by atoms with van der Waals surface area (Å²) in [6, 6.07) is 3.43. The molecule has 0 heterocycles. The summed E-state index contributed by atoms with van der Waals surface area (Å²) < 4.78 is 27.1. The van der Waals surface area contributed by atoms with Crippen LogP contribution < -0.4 is 10.5 Å². The van der Waals surface area contributed by atoms with E-state index >= 15 is 0 Å². The summed E-state index contributed by atoms with van der Waals surface area (Å²) in [5, 5.41) is 26.2. The normalized spacial score (nSPS) is 12.9. The standard InChI is InChI=1S/C11H16N2O6S/c1-19-6-7(14)5-13-10-3-2-8(20(12,17)18)4-9(10)11(15)16/h2-4,7,13-14H,5-6H2,1H3,(H,15,16)(H2,12,17,18). The van der Waals surface area contributed by atoms with Gasteiger partial charge in [0, 0.05) is 19.3 Å². The number of hydrogen-bond acceptors (Lipinski definition) is 6. The highest BCUT2D eigenvalue weighted by Gasteiger charge is 2.16. The Bertz CT molecular complexity index is 587. The smallest absolute Gasteiger partial charge is 0.337 e. The fourth-order valence-electron chi connectivity index (χ4n) is 1.51. The number of nitrogens with two attached hydrogens (primary N) is 1. The first kappa shape index (κ1) is 16.4. The summed E-state index contributed by atoms with van der Waals surface area (Å²) in [5.41, 5.74) is -0.0683. The molecule has 0 amide bonds. The van der Waals surface area contributed by atoms with Crippen LogP contribution in [0.3, 0.4) is 0 Å². The lowest BCUT2D eigenvalue weighted by molar-refractivity contribution is 0.0693. The van der Waals surface area contributed by atoms with Gasteiger partial charge in [-0.1, -0.05) is 0 Å². The molecule has 5 N–H and O–H groups in total. The maximum Gasteiger partial charge on any atom is 0.337 e. The number of sulfonamides is 1. The third-order valence-electron chi connectivity index (χ3n) is 2.44. The SMILES string of the molecule is COCC(O)CNc1ccc(S(N)(=O)=O)cc1C(=O)O. The first-order chi connectivity index (χ1) is 9.25. The van der Waals surface area contributed by atoms with Gasteiger partial charge < -0.3 is 20.3 Å². The Kier molecular flexibility index (Phi) is 5.45. The molecule has 1 aromatic rings. The van der Waals surface area contributed by atoms with Crippen LogP contribution in [-0.2, 0) is 14.8 Å². The number of ether oxygens (including phenoxy) is 1. The monoisotopic (exact) mass is 304 g/mol. The van der Waals surface area contributed by atoms with E-state index in [1.807, 2.05) is 0 Å². The largest absolute Gasteiger partial charge is 0.478 e. The second-order valence-corrected chi connectivity index (χ2v) is 5.61. The van der Waals surface area contributed by atoms with Crippen LogP contribution in [0.2, 0.25) is 0 Å². The van der Waals surface area contributed by atoms with Gasteiger partial charge in [0.05, 0.1) is 23.2 Å². The number of hydrogen-bond donors (Lipinski definition) is 4. The third-order valence-corrected chi connectivity index (χ3v) is 3.35. The number of rotatable bonds is 7. The van der Waals surface area contributed by atoms with Crippen molar-refractivity contribution in [3.05, 3.63) is 23.8 Å². The minimum atomic E-state index is -3.98. The van der Waals surface area contributed by atoms with Crippen LogP contribution in [0.15, 0.2) is 23.1 Å². The van der Waals surface area contributed by atoms with Crippen LogP contribution in [0.4, 0.5) is 5.69 Å². The van der Waals surface area contributed by atoms with E-state index < -0.39 is 22.1 Å². The van der Waals surface area contributed by atoms with E-state index in [1.54, 1.807) is 0 Å². The predicted octanol–water partition coefficient (Wildman–Crippen LogP) is -0.549. The zero-order chi connectivity index (χ0) is 15.3. The molecule has 1 rings (SSSR count). The van der Waals surface area contributed by atoms with Crippen molar-refractivity contribution in [2.45, 2.75) is 11.0 Å². The fourth-order valence-corrected chi connectivity index (χ4v) is 2.05. The zero-order valence-electron chi connectivity index (χ0n) is 10.7. The van der Waals surface area contributed by atoms with Crippen molar-refractivity contribution in [2.75, 3.05) is 25.6 Å². The molecule has 1 atom stereocenters. The molecule has 1 aromatic carbocycles. The van der Waals surface area contributed by atoms with Gasteiger partial charge in [-0.05, 0) is 18.2 Å². The van der Waals surface area contributed by atoms with Crippen LogP contribution in [0.1, 0.15) is 10.4 Å². The molecule has 0 fully saturated rings. The Hall–Kier alpha value is -1.68. The van der Waals surface area contributed by atoms with Gasteiger partial charge in [-0.3, -0.25) is 0 Å². The fraction of sp³-hybridized carbons (Fsp3) is 0.364. The van der Waals surface area contributed by atoms with Gasteiger partial charge in [-0.2, -0.15) is 0 Å². The van der Waals surface area contributed by atoms with Crippen molar-refractivity contribution in [3.8, 4) is 0 Å². The number of benzene rings is 1. The van der Waals surface area contributed by atoms with Crippen molar-refractivity contribution in [1.29, 1.82) is 0 Å². The quantitative estimate of drug-likeness (QED) is 0.530. The van der Waals surface area contributed by atoms with Gasteiger partial charge in [-0.25, -0.2) is 18.4 Å². The lowest BCUT2D eigenvalue weighted by Crippen LogP contribution is -2.25. The van der Waals surface area contributed by atoms with E-state index in [-0.39, 0.29) is 29.3 Å². The first-order valence-electron chi connectivity index (χ1n) is 5.56. The molecular weight excluding hydrogens is 288 g/mol. The molecule has 9 heteroatoms. The van der Waals surface area contributed by atoms with E-state index in [2.05, 4.69) is 5.32 Å². The van der Waals surface area contributed by atoms with Gasteiger partial charge in [0.2, 0.25) is 10.0 Å². The van der Waals surface area contributed by atoms with Crippen LogP contribution in [0.25, 0.3) is 0 Å². The molecule has 0 aliphatic carbocycles. The maximum atomic E-state index is 11.2. The number of methoxy groups -OCH3 is 1. The molecule has 112 valence electrons. The Morgan fingerprint density at radius 2 is 2.15 bits per heavy atom. The van der Waals surface area contributed by atoms with Crippen molar-refractivity contribution in [1.82, 2.24) is 0 Å². The summed E-state index contributed by atoms with van der Waals surface area (Å²) in [5.74, 6) is -1.31. The van der Waals surface area contributed by atoms with Crippen LogP contribution in [-0.4, -0.2) is 51.0 Å². The highest BCUT2D eigenvalue weighted by atomic mass is 32.2. The highest BCUT2D eigenvalue weighted by Crippen LogP contribution is 2.20. The summed E-state index contributed by atoms with van der Waals surface area (Å²) in [6.45, 7) is 0.146. The minimum absolute atomic E-state index is 0.0584. The molecular formula is C11H16N2O6S.